The first-order valence-corrected chi connectivity index (χ1v) is 9.16. The molecule has 1 aliphatic heterocycles. The van der Waals surface area contributed by atoms with E-state index in [9.17, 15) is 0 Å². The SMILES string of the molecule is COc1ccc([C@H]2CCCN2Cc2nc(N)c3ccccc3n2)c(OC)c1. The second kappa shape index (κ2) is 7.40. The van der Waals surface area contributed by atoms with Crippen LogP contribution in [0, 0.1) is 0 Å². The van der Waals surface area contributed by atoms with E-state index in [1.165, 1.54) is 5.56 Å². The van der Waals surface area contributed by atoms with Crippen molar-refractivity contribution in [1.29, 1.82) is 0 Å². The molecular formula is C21H24N4O2. The molecule has 1 aromatic heterocycles. The molecule has 0 aliphatic carbocycles. The molecule has 1 saturated heterocycles. The predicted octanol–water partition coefficient (Wildman–Crippen LogP) is 3.57. The standard InChI is InChI=1S/C21H24N4O2/c1-26-14-9-10-16(19(12-14)27-2)18-8-5-11-25(18)13-20-23-17-7-4-3-6-15(17)21(22)24-20/h3-4,6-7,9-10,12,18H,5,8,11,13H2,1-2H3,(H2,22,23,24)/t18-/m1/s1. The largest absolute Gasteiger partial charge is 0.497 e. The van der Waals surface area contributed by atoms with Crippen molar-refractivity contribution >= 4 is 16.7 Å². The van der Waals surface area contributed by atoms with Crippen molar-refractivity contribution in [2.24, 2.45) is 0 Å². The number of para-hydroxylation sites is 1. The maximum Gasteiger partial charge on any atom is 0.145 e. The van der Waals surface area contributed by atoms with Crippen LogP contribution in [0.5, 0.6) is 11.5 Å². The van der Waals surface area contributed by atoms with Crippen LogP contribution in [0.4, 0.5) is 5.82 Å². The topological polar surface area (TPSA) is 73.5 Å². The van der Waals surface area contributed by atoms with Crippen LogP contribution in [0.15, 0.2) is 42.5 Å². The monoisotopic (exact) mass is 364 g/mol. The highest BCUT2D eigenvalue weighted by Gasteiger charge is 2.29. The van der Waals surface area contributed by atoms with Crippen LogP contribution in [0.2, 0.25) is 0 Å². The van der Waals surface area contributed by atoms with Gasteiger partial charge in [0.15, 0.2) is 0 Å². The first kappa shape index (κ1) is 17.5. The minimum Gasteiger partial charge on any atom is -0.497 e. The molecule has 1 atom stereocenters. The van der Waals surface area contributed by atoms with E-state index in [2.05, 4.69) is 16.0 Å². The molecule has 2 N–H and O–H groups in total. The normalized spacial score (nSPS) is 17.3. The third-order valence-corrected chi connectivity index (χ3v) is 5.19. The number of hydrogen-bond donors (Lipinski definition) is 1. The number of hydrogen-bond acceptors (Lipinski definition) is 6. The summed E-state index contributed by atoms with van der Waals surface area (Å²) < 4.78 is 10.9. The van der Waals surface area contributed by atoms with Gasteiger partial charge in [0.1, 0.15) is 23.1 Å². The number of aromatic nitrogens is 2. The Kier molecular flexibility index (Phi) is 4.81. The van der Waals surface area contributed by atoms with Gasteiger partial charge >= 0.3 is 0 Å². The van der Waals surface area contributed by atoms with E-state index in [1.807, 2.05) is 36.4 Å². The van der Waals surface area contributed by atoms with Gasteiger partial charge < -0.3 is 15.2 Å². The van der Waals surface area contributed by atoms with Gasteiger partial charge in [-0.05, 0) is 37.6 Å². The van der Waals surface area contributed by atoms with Gasteiger partial charge in [-0.1, -0.05) is 18.2 Å². The fraction of sp³-hybridized carbons (Fsp3) is 0.333. The number of anilines is 1. The van der Waals surface area contributed by atoms with Gasteiger partial charge in [-0.2, -0.15) is 0 Å². The van der Waals surface area contributed by atoms with Gasteiger partial charge in [0.2, 0.25) is 0 Å². The zero-order valence-electron chi connectivity index (χ0n) is 15.7. The number of ether oxygens (including phenoxy) is 2. The number of nitrogens with zero attached hydrogens (tertiary/aromatic N) is 3. The summed E-state index contributed by atoms with van der Waals surface area (Å²) >= 11 is 0. The lowest BCUT2D eigenvalue weighted by Gasteiger charge is -2.26. The van der Waals surface area contributed by atoms with E-state index in [0.29, 0.717) is 12.4 Å². The van der Waals surface area contributed by atoms with Gasteiger partial charge in [-0.3, -0.25) is 4.90 Å². The van der Waals surface area contributed by atoms with Gasteiger partial charge in [-0.25, -0.2) is 9.97 Å². The number of likely N-dealkylation sites (tertiary alicyclic amines) is 1. The van der Waals surface area contributed by atoms with E-state index in [1.54, 1.807) is 14.2 Å². The van der Waals surface area contributed by atoms with Crippen LogP contribution in [0.3, 0.4) is 0 Å². The summed E-state index contributed by atoms with van der Waals surface area (Å²) in [4.78, 5) is 11.6. The minimum atomic E-state index is 0.266. The Morgan fingerprint density at radius 3 is 2.78 bits per heavy atom. The fourth-order valence-electron chi connectivity index (χ4n) is 3.86. The Labute approximate surface area is 158 Å². The summed E-state index contributed by atoms with van der Waals surface area (Å²) in [5.41, 5.74) is 8.21. The number of fused-ring (bicyclic) bond motifs is 1. The second-order valence-electron chi connectivity index (χ2n) is 6.78. The molecule has 2 heterocycles. The molecule has 0 bridgehead atoms. The molecule has 27 heavy (non-hydrogen) atoms. The highest BCUT2D eigenvalue weighted by atomic mass is 16.5. The molecule has 6 nitrogen and oxygen atoms in total. The highest BCUT2D eigenvalue weighted by Crippen LogP contribution is 2.39. The predicted molar refractivity (Wildman–Crippen MR) is 106 cm³/mol. The Morgan fingerprint density at radius 2 is 1.96 bits per heavy atom. The molecule has 3 aromatic rings. The first-order chi connectivity index (χ1) is 13.2. The molecule has 0 spiro atoms. The summed E-state index contributed by atoms with van der Waals surface area (Å²) in [6.45, 7) is 1.66. The Morgan fingerprint density at radius 1 is 1.11 bits per heavy atom. The molecule has 4 rings (SSSR count). The van der Waals surface area contributed by atoms with Gasteiger partial charge in [0.25, 0.3) is 0 Å². The molecule has 140 valence electrons. The van der Waals surface area contributed by atoms with E-state index >= 15 is 0 Å². The number of methoxy groups -OCH3 is 2. The van der Waals surface area contributed by atoms with Crippen molar-refractivity contribution in [3.63, 3.8) is 0 Å². The average Bonchev–Trinajstić information content (AvgIpc) is 3.15. The van der Waals surface area contributed by atoms with Crippen LogP contribution in [0.1, 0.15) is 30.3 Å². The van der Waals surface area contributed by atoms with Crippen molar-refractivity contribution in [2.75, 3.05) is 26.5 Å². The third kappa shape index (κ3) is 3.40. The number of rotatable bonds is 5. The Hall–Kier alpha value is -2.86. The molecule has 0 amide bonds. The van der Waals surface area contributed by atoms with E-state index < -0.39 is 0 Å². The molecule has 2 aromatic carbocycles. The molecule has 0 unspecified atom stereocenters. The van der Waals surface area contributed by atoms with Crippen LogP contribution in [0.25, 0.3) is 10.9 Å². The lowest BCUT2D eigenvalue weighted by atomic mass is 10.0. The quantitative estimate of drug-likeness (QED) is 0.746. The van der Waals surface area contributed by atoms with Crippen LogP contribution in [-0.4, -0.2) is 35.6 Å². The summed E-state index contributed by atoms with van der Waals surface area (Å²) in [6, 6.07) is 14.1. The van der Waals surface area contributed by atoms with Crippen LogP contribution < -0.4 is 15.2 Å². The van der Waals surface area contributed by atoms with E-state index in [-0.39, 0.29) is 6.04 Å². The summed E-state index contributed by atoms with van der Waals surface area (Å²) in [5, 5.41) is 0.899. The maximum atomic E-state index is 6.15. The smallest absolute Gasteiger partial charge is 0.145 e. The summed E-state index contributed by atoms with van der Waals surface area (Å²) in [7, 11) is 3.36. The van der Waals surface area contributed by atoms with Crippen molar-refractivity contribution < 1.29 is 9.47 Å². The molecule has 0 radical (unpaired) electrons. The van der Waals surface area contributed by atoms with Crippen molar-refractivity contribution in [3.8, 4) is 11.5 Å². The van der Waals surface area contributed by atoms with Gasteiger partial charge in [0, 0.05) is 23.1 Å². The molecule has 6 heteroatoms. The molecular weight excluding hydrogens is 340 g/mol. The van der Waals surface area contributed by atoms with E-state index in [4.69, 9.17) is 20.2 Å². The zero-order chi connectivity index (χ0) is 18.8. The second-order valence-corrected chi connectivity index (χ2v) is 6.78. The fourth-order valence-corrected chi connectivity index (χ4v) is 3.86. The number of nitrogens with two attached hydrogens (primary N) is 1. The molecule has 0 saturated carbocycles. The third-order valence-electron chi connectivity index (χ3n) is 5.19. The average molecular weight is 364 g/mol. The number of benzene rings is 2. The zero-order valence-corrected chi connectivity index (χ0v) is 15.7. The lowest BCUT2D eigenvalue weighted by molar-refractivity contribution is 0.237. The minimum absolute atomic E-state index is 0.266. The summed E-state index contributed by atoms with van der Waals surface area (Å²) in [5.74, 6) is 2.94. The maximum absolute atomic E-state index is 6.15. The Bertz CT molecular complexity index is 960. The van der Waals surface area contributed by atoms with Gasteiger partial charge in [0.05, 0.1) is 26.3 Å². The van der Waals surface area contributed by atoms with Crippen LogP contribution in [-0.2, 0) is 6.54 Å². The molecule has 1 fully saturated rings. The van der Waals surface area contributed by atoms with Crippen molar-refractivity contribution in [1.82, 2.24) is 14.9 Å². The first-order valence-electron chi connectivity index (χ1n) is 9.16. The Balaban J connectivity index is 1.63. The van der Waals surface area contributed by atoms with Crippen molar-refractivity contribution in [3.05, 3.63) is 53.9 Å². The lowest BCUT2D eigenvalue weighted by Crippen LogP contribution is -2.24. The van der Waals surface area contributed by atoms with Crippen LogP contribution >= 0.6 is 0 Å². The molecule has 1 aliphatic rings. The number of nitrogen functional groups attached to an aromatic ring is 1. The summed E-state index contributed by atoms with van der Waals surface area (Å²) in [6.07, 6.45) is 2.20. The highest BCUT2D eigenvalue weighted by molar-refractivity contribution is 5.87. The van der Waals surface area contributed by atoms with E-state index in [0.717, 1.165) is 47.6 Å². The van der Waals surface area contributed by atoms with Gasteiger partial charge in [-0.15, -0.1) is 0 Å². The van der Waals surface area contributed by atoms with Crippen molar-refractivity contribution in [2.45, 2.75) is 25.4 Å².